The van der Waals surface area contributed by atoms with E-state index >= 15 is 0 Å². The van der Waals surface area contributed by atoms with Gasteiger partial charge < -0.3 is 30.5 Å². The highest BCUT2D eigenvalue weighted by atomic mass is 19.4. The number of benzene rings is 2. The maximum absolute atomic E-state index is 14.9. The molecule has 1 aromatic heterocycles. The number of alkyl halides is 3. The summed E-state index contributed by atoms with van der Waals surface area (Å²) in [5.74, 6) is 0.0134. The maximum atomic E-state index is 14.9. The summed E-state index contributed by atoms with van der Waals surface area (Å²) < 4.78 is 61.4. The number of likely N-dealkylation sites (N-methyl/N-ethyl adjacent to an activating group) is 1. The fourth-order valence-corrected chi connectivity index (χ4v) is 4.81. The molecule has 228 valence electrons. The number of urea groups is 1. The van der Waals surface area contributed by atoms with Gasteiger partial charge >= 0.3 is 12.2 Å². The molecule has 3 N–H and O–H groups in total. The van der Waals surface area contributed by atoms with E-state index in [1.807, 2.05) is 23.9 Å². The summed E-state index contributed by atoms with van der Waals surface area (Å²) >= 11 is 0. The number of ketones is 1. The summed E-state index contributed by atoms with van der Waals surface area (Å²) in [6.07, 6.45) is -0.529. The predicted molar refractivity (Wildman–Crippen MR) is 155 cm³/mol. The fraction of sp³-hybridized carbons (Fsp3) is 0.367. The van der Waals surface area contributed by atoms with Crippen LogP contribution < -0.4 is 25.6 Å². The van der Waals surface area contributed by atoms with E-state index in [1.165, 1.54) is 36.5 Å². The van der Waals surface area contributed by atoms with E-state index < -0.39 is 23.6 Å². The molecular formula is C30H32F4N6O3. The van der Waals surface area contributed by atoms with Crippen LogP contribution in [0.2, 0.25) is 0 Å². The number of Topliss-reactive ketones (excluding diaryl/α,β-unsaturated/α-hetero) is 1. The van der Waals surface area contributed by atoms with Gasteiger partial charge in [-0.15, -0.1) is 0 Å². The highest BCUT2D eigenvalue weighted by Gasteiger charge is 2.33. The average molecular weight is 601 g/mol. The monoisotopic (exact) mass is 600 g/mol. The smallest absolute Gasteiger partial charge is 0.416 e. The number of pyridine rings is 1. The molecule has 1 saturated carbocycles. The Hall–Kier alpha value is -4.39. The van der Waals surface area contributed by atoms with Gasteiger partial charge in [0.05, 0.1) is 12.1 Å². The minimum absolute atomic E-state index is 0.0445. The summed E-state index contributed by atoms with van der Waals surface area (Å²) in [7, 11) is 3.85. The number of nitrogens with zero attached hydrogens (tertiary/aromatic N) is 3. The first-order valence-corrected chi connectivity index (χ1v) is 13.9. The molecule has 2 aliphatic rings. The molecule has 2 heterocycles. The molecule has 2 amide bonds. The second kappa shape index (κ2) is 12.5. The molecule has 2 fully saturated rings. The van der Waals surface area contributed by atoms with Crippen molar-refractivity contribution in [3.05, 3.63) is 66.1 Å². The lowest BCUT2D eigenvalue weighted by atomic mass is 10.1. The molecule has 2 aromatic carbocycles. The molecule has 1 aliphatic heterocycles. The van der Waals surface area contributed by atoms with Crippen LogP contribution in [0.3, 0.4) is 0 Å². The van der Waals surface area contributed by atoms with E-state index in [1.54, 1.807) is 0 Å². The van der Waals surface area contributed by atoms with Crippen LogP contribution in [0.15, 0.2) is 54.7 Å². The molecule has 5 rings (SSSR count). The van der Waals surface area contributed by atoms with Crippen LogP contribution in [0.1, 0.15) is 24.8 Å². The lowest BCUT2D eigenvalue weighted by Crippen LogP contribution is -2.31. The second-order valence-corrected chi connectivity index (χ2v) is 10.9. The number of halogens is 4. The zero-order valence-corrected chi connectivity index (χ0v) is 23.7. The normalized spacial score (nSPS) is 16.7. The van der Waals surface area contributed by atoms with Crippen molar-refractivity contribution in [2.75, 3.05) is 54.6 Å². The lowest BCUT2D eigenvalue weighted by molar-refractivity contribution is -0.137. The van der Waals surface area contributed by atoms with Crippen molar-refractivity contribution in [1.29, 1.82) is 0 Å². The quantitative estimate of drug-likeness (QED) is 0.238. The molecule has 1 saturated heterocycles. The van der Waals surface area contributed by atoms with Gasteiger partial charge in [-0.2, -0.15) is 13.2 Å². The van der Waals surface area contributed by atoms with Crippen LogP contribution in [0.25, 0.3) is 0 Å². The molecule has 0 spiro atoms. The Morgan fingerprint density at radius 2 is 1.79 bits per heavy atom. The largest absolute Gasteiger partial charge is 0.454 e. The Balaban J connectivity index is 1.22. The molecule has 3 aromatic rings. The molecule has 9 nitrogen and oxygen atoms in total. The van der Waals surface area contributed by atoms with Crippen LogP contribution in [-0.4, -0.2) is 61.5 Å². The summed E-state index contributed by atoms with van der Waals surface area (Å²) in [6, 6.07) is 9.60. The van der Waals surface area contributed by atoms with Crippen molar-refractivity contribution in [2.45, 2.75) is 31.5 Å². The second-order valence-electron chi connectivity index (χ2n) is 10.9. The van der Waals surface area contributed by atoms with Gasteiger partial charge in [-0.1, -0.05) is 0 Å². The Kier molecular flexibility index (Phi) is 8.71. The number of rotatable bonds is 10. The van der Waals surface area contributed by atoms with Gasteiger partial charge in [0, 0.05) is 60.4 Å². The zero-order valence-electron chi connectivity index (χ0n) is 23.7. The Labute approximate surface area is 246 Å². The Morgan fingerprint density at radius 1 is 1.02 bits per heavy atom. The van der Waals surface area contributed by atoms with E-state index in [0.29, 0.717) is 24.6 Å². The van der Waals surface area contributed by atoms with E-state index in [0.717, 1.165) is 37.5 Å². The van der Waals surface area contributed by atoms with Crippen LogP contribution in [0.4, 0.5) is 45.2 Å². The van der Waals surface area contributed by atoms with Crippen LogP contribution in [0.5, 0.6) is 11.5 Å². The highest BCUT2D eigenvalue weighted by molar-refractivity contribution is 6.00. The third-order valence-electron chi connectivity index (χ3n) is 7.39. The van der Waals surface area contributed by atoms with E-state index in [-0.39, 0.29) is 47.2 Å². The predicted octanol–water partition coefficient (Wildman–Crippen LogP) is 6.21. The lowest BCUT2D eigenvalue weighted by Gasteiger charge is -2.23. The first-order valence-electron chi connectivity index (χ1n) is 13.9. The molecule has 0 radical (unpaired) electrons. The number of ether oxygens (including phenoxy) is 1. The fourth-order valence-electron chi connectivity index (χ4n) is 4.81. The Bertz CT molecular complexity index is 1490. The number of hydrogen-bond acceptors (Lipinski definition) is 7. The minimum Gasteiger partial charge on any atom is -0.454 e. The van der Waals surface area contributed by atoms with Gasteiger partial charge in [-0.25, -0.2) is 14.2 Å². The summed E-state index contributed by atoms with van der Waals surface area (Å²) in [4.78, 5) is 32.6. The van der Waals surface area contributed by atoms with Gasteiger partial charge in [-0.3, -0.25) is 4.79 Å². The van der Waals surface area contributed by atoms with Gasteiger partial charge in [0.2, 0.25) is 0 Å². The molecule has 43 heavy (non-hydrogen) atoms. The number of carbonyl (C=O) groups is 2. The highest BCUT2D eigenvalue weighted by Crippen LogP contribution is 2.36. The van der Waals surface area contributed by atoms with Crippen molar-refractivity contribution >= 4 is 34.7 Å². The first-order chi connectivity index (χ1) is 20.4. The van der Waals surface area contributed by atoms with Gasteiger partial charge in [0.1, 0.15) is 11.6 Å². The zero-order chi connectivity index (χ0) is 30.7. The number of carbonyl (C=O) groups excluding carboxylic acids is 2. The van der Waals surface area contributed by atoms with E-state index in [4.69, 9.17) is 4.74 Å². The number of nitrogens with one attached hydrogen (secondary N) is 3. The average Bonchev–Trinajstić information content (AvgIpc) is 3.68. The maximum Gasteiger partial charge on any atom is 0.416 e. The molecular weight excluding hydrogens is 568 g/mol. The third-order valence-corrected chi connectivity index (χ3v) is 7.39. The van der Waals surface area contributed by atoms with Crippen LogP contribution >= 0.6 is 0 Å². The topological polar surface area (TPSA) is 98.8 Å². The third kappa shape index (κ3) is 7.92. The molecule has 1 atom stereocenters. The van der Waals surface area contributed by atoms with Gasteiger partial charge in [0.15, 0.2) is 17.3 Å². The van der Waals surface area contributed by atoms with Crippen LogP contribution in [0, 0.1) is 11.7 Å². The number of amides is 2. The molecule has 0 bridgehead atoms. The number of anilines is 4. The van der Waals surface area contributed by atoms with E-state index in [9.17, 15) is 27.2 Å². The SMILES string of the molecule is CN(C)C1CCN(c2cc(NC(=O)Nc3ccc(Oc4ccnc(NCC(=O)C5CC5)c4)c(F)c3)cc(C(F)(F)F)c2)C1. The minimum atomic E-state index is -4.61. The summed E-state index contributed by atoms with van der Waals surface area (Å²) in [5, 5.41) is 7.81. The molecule has 1 aliphatic carbocycles. The van der Waals surface area contributed by atoms with Crippen LogP contribution in [-0.2, 0) is 11.0 Å². The van der Waals surface area contributed by atoms with Crippen molar-refractivity contribution in [3.63, 3.8) is 0 Å². The summed E-state index contributed by atoms with van der Waals surface area (Å²) in [5.41, 5.74) is -0.508. The van der Waals surface area contributed by atoms with Crippen molar-refractivity contribution in [1.82, 2.24) is 9.88 Å². The van der Waals surface area contributed by atoms with Crippen molar-refractivity contribution in [3.8, 4) is 11.5 Å². The summed E-state index contributed by atoms with van der Waals surface area (Å²) in [6.45, 7) is 1.29. The van der Waals surface area contributed by atoms with Crippen molar-refractivity contribution in [2.24, 2.45) is 5.92 Å². The first kappa shape index (κ1) is 30.1. The van der Waals surface area contributed by atoms with Gasteiger partial charge in [0.25, 0.3) is 0 Å². The van der Waals surface area contributed by atoms with Gasteiger partial charge in [-0.05, 0) is 69.8 Å². The number of hydrogen-bond donors (Lipinski definition) is 3. The standard InChI is InChI=1S/C30H32F4N6O3/c1-39(2)22-8-10-40(17-22)23-12-19(30(32,33)34)11-21(13-23)38-29(42)37-20-5-6-27(25(31)14-20)43-24-7-9-35-28(15-24)36-16-26(41)18-3-4-18/h5-7,9,11-15,18,22H,3-4,8,10,16-17H2,1-2H3,(H,35,36)(H2,37,38,42). The Morgan fingerprint density at radius 3 is 2.47 bits per heavy atom. The van der Waals surface area contributed by atoms with Crippen molar-refractivity contribution < 1.29 is 31.9 Å². The molecule has 13 heteroatoms. The number of aromatic nitrogens is 1. The van der Waals surface area contributed by atoms with E-state index in [2.05, 4.69) is 20.9 Å². The molecule has 1 unspecified atom stereocenters.